The van der Waals surface area contributed by atoms with Crippen molar-refractivity contribution in [2.24, 2.45) is 5.92 Å². The van der Waals surface area contributed by atoms with E-state index in [0.29, 0.717) is 0 Å². The van der Waals surface area contributed by atoms with Crippen molar-refractivity contribution < 1.29 is 19.1 Å². The summed E-state index contributed by atoms with van der Waals surface area (Å²) in [5.74, 6) is -1.40. The molecule has 2 amide bonds. The summed E-state index contributed by atoms with van der Waals surface area (Å²) in [5.41, 5.74) is -0.0988. The largest absolute Gasteiger partial charge is 0.391 e. The first-order chi connectivity index (χ1) is 9.58. The van der Waals surface area contributed by atoms with Gasteiger partial charge >= 0.3 is 0 Å². The molecular weight excluding hydrogens is 263 g/mol. The lowest BCUT2D eigenvalue weighted by atomic mass is 10.2. The summed E-state index contributed by atoms with van der Waals surface area (Å²) in [5, 5.41) is 14.4. The van der Waals surface area contributed by atoms with Gasteiger partial charge in [-0.2, -0.15) is 0 Å². The van der Waals surface area contributed by atoms with Gasteiger partial charge in [-0.05, 0) is 30.9 Å². The van der Waals surface area contributed by atoms with Crippen LogP contribution in [0.3, 0.4) is 0 Å². The van der Waals surface area contributed by atoms with Gasteiger partial charge in [-0.3, -0.25) is 9.59 Å². The third-order valence-corrected chi connectivity index (χ3v) is 3.20. The van der Waals surface area contributed by atoms with Crippen molar-refractivity contribution in [3.8, 4) is 0 Å². The van der Waals surface area contributed by atoms with Gasteiger partial charge in [0.15, 0.2) is 0 Å². The molecule has 1 aliphatic carbocycles. The standard InChI is InChI=1S/C14H17FN2O3/c15-11-4-2-1-3-10(11)14(20)17-8-13(19)16-7-12(18)9-5-6-9/h1-4,9,12,18H,5-8H2,(H,16,19)(H,17,20). The molecule has 2 rings (SSSR count). The Balaban J connectivity index is 1.72. The van der Waals surface area contributed by atoms with Crippen LogP contribution in [-0.2, 0) is 4.79 Å². The van der Waals surface area contributed by atoms with Gasteiger partial charge in [0.1, 0.15) is 5.82 Å². The van der Waals surface area contributed by atoms with Crippen molar-refractivity contribution in [3.05, 3.63) is 35.6 Å². The van der Waals surface area contributed by atoms with E-state index >= 15 is 0 Å². The van der Waals surface area contributed by atoms with Crippen molar-refractivity contribution in [2.75, 3.05) is 13.1 Å². The van der Waals surface area contributed by atoms with E-state index in [9.17, 15) is 19.1 Å². The second-order valence-corrected chi connectivity index (χ2v) is 4.87. The Bertz CT molecular complexity index is 503. The van der Waals surface area contributed by atoms with Gasteiger partial charge in [-0.15, -0.1) is 0 Å². The summed E-state index contributed by atoms with van der Waals surface area (Å²) in [4.78, 5) is 23.1. The minimum atomic E-state index is -0.638. The zero-order valence-electron chi connectivity index (χ0n) is 10.9. The fraction of sp³-hybridized carbons (Fsp3) is 0.429. The number of amides is 2. The van der Waals surface area contributed by atoms with Crippen LogP contribution in [0.5, 0.6) is 0 Å². The van der Waals surface area contributed by atoms with Gasteiger partial charge in [0.25, 0.3) is 5.91 Å². The molecule has 1 aromatic carbocycles. The molecule has 20 heavy (non-hydrogen) atoms. The van der Waals surface area contributed by atoms with Crippen LogP contribution in [0.2, 0.25) is 0 Å². The number of carbonyl (C=O) groups excluding carboxylic acids is 2. The lowest BCUT2D eigenvalue weighted by Gasteiger charge is -2.11. The van der Waals surface area contributed by atoms with Crippen LogP contribution in [0, 0.1) is 11.7 Å². The fourth-order valence-electron chi connectivity index (χ4n) is 1.83. The number of aliphatic hydroxyl groups excluding tert-OH is 1. The van der Waals surface area contributed by atoms with Crippen molar-refractivity contribution in [1.29, 1.82) is 0 Å². The van der Waals surface area contributed by atoms with E-state index in [-0.39, 0.29) is 24.6 Å². The maximum Gasteiger partial charge on any atom is 0.254 e. The van der Waals surface area contributed by atoms with Crippen LogP contribution in [0.4, 0.5) is 4.39 Å². The lowest BCUT2D eigenvalue weighted by Crippen LogP contribution is -2.40. The number of hydrogen-bond acceptors (Lipinski definition) is 3. The van der Waals surface area contributed by atoms with E-state index in [1.165, 1.54) is 18.2 Å². The van der Waals surface area contributed by atoms with Crippen LogP contribution in [0.1, 0.15) is 23.2 Å². The Kier molecular flexibility index (Phi) is 4.68. The van der Waals surface area contributed by atoms with Crippen LogP contribution >= 0.6 is 0 Å². The highest BCUT2D eigenvalue weighted by Crippen LogP contribution is 2.32. The van der Waals surface area contributed by atoms with Crippen molar-refractivity contribution in [1.82, 2.24) is 10.6 Å². The first kappa shape index (κ1) is 14.5. The maximum absolute atomic E-state index is 13.3. The molecule has 3 N–H and O–H groups in total. The summed E-state index contributed by atoms with van der Waals surface area (Å²) >= 11 is 0. The van der Waals surface area contributed by atoms with Crippen LogP contribution in [-0.4, -0.2) is 36.1 Å². The third kappa shape index (κ3) is 4.03. The van der Waals surface area contributed by atoms with Gasteiger partial charge in [-0.1, -0.05) is 12.1 Å². The molecule has 0 aliphatic heterocycles. The summed E-state index contributed by atoms with van der Waals surface area (Å²) < 4.78 is 13.3. The van der Waals surface area contributed by atoms with Gasteiger partial charge in [-0.25, -0.2) is 4.39 Å². The molecule has 0 bridgehead atoms. The first-order valence-corrected chi connectivity index (χ1v) is 6.55. The maximum atomic E-state index is 13.3. The van der Waals surface area contributed by atoms with Gasteiger partial charge < -0.3 is 15.7 Å². The highest BCUT2D eigenvalue weighted by molar-refractivity contribution is 5.96. The molecule has 0 heterocycles. The Morgan fingerprint density at radius 2 is 2.00 bits per heavy atom. The minimum Gasteiger partial charge on any atom is -0.391 e. The molecular formula is C14H17FN2O3. The Hall–Kier alpha value is -1.95. The van der Waals surface area contributed by atoms with E-state index in [1.54, 1.807) is 6.07 Å². The molecule has 0 aromatic heterocycles. The zero-order valence-corrected chi connectivity index (χ0v) is 10.9. The van der Waals surface area contributed by atoms with Gasteiger partial charge in [0.2, 0.25) is 5.91 Å². The summed E-state index contributed by atoms with van der Waals surface area (Å²) in [6, 6.07) is 5.56. The molecule has 5 nitrogen and oxygen atoms in total. The number of carbonyl (C=O) groups is 2. The molecule has 6 heteroatoms. The minimum absolute atomic E-state index is 0.0988. The molecule has 1 aliphatic rings. The molecule has 1 saturated carbocycles. The molecule has 1 aromatic rings. The van der Waals surface area contributed by atoms with Gasteiger partial charge in [0, 0.05) is 6.54 Å². The first-order valence-electron chi connectivity index (χ1n) is 6.55. The number of nitrogens with one attached hydrogen (secondary N) is 2. The SMILES string of the molecule is O=C(CNC(=O)c1ccccc1F)NCC(O)C1CC1. The number of hydrogen-bond donors (Lipinski definition) is 3. The van der Waals surface area contributed by atoms with E-state index in [2.05, 4.69) is 10.6 Å². The highest BCUT2D eigenvalue weighted by atomic mass is 19.1. The average molecular weight is 280 g/mol. The van der Waals surface area contributed by atoms with Crippen LogP contribution < -0.4 is 10.6 Å². The predicted molar refractivity (Wildman–Crippen MR) is 70.5 cm³/mol. The zero-order chi connectivity index (χ0) is 14.5. The number of halogens is 1. The summed E-state index contributed by atoms with van der Waals surface area (Å²) in [7, 11) is 0. The topological polar surface area (TPSA) is 78.4 Å². The fourth-order valence-corrected chi connectivity index (χ4v) is 1.83. The second kappa shape index (κ2) is 6.47. The number of rotatable bonds is 6. The molecule has 1 unspecified atom stereocenters. The Morgan fingerprint density at radius 3 is 2.65 bits per heavy atom. The van der Waals surface area contributed by atoms with Crippen molar-refractivity contribution in [3.63, 3.8) is 0 Å². The smallest absolute Gasteiger partial charge is 0.254 e. The average Bonchev–Trinajstić information content (AvgIpc) is 3.27. The van der Waals surface area contributed by atoms with E-state index in [4.69, 9.17) is 0 Å². The highest BCUT2D eigenvalue weighted by Gasteiger charge is 2.29. The Morgan fingerprint density at radius 1 is 1.30 bits per heavy atom. The summed E-state index contributed by atoms with van der Waals surface area (Å²) in [6.45, 7) is -0.0659. The molecule has 1 atom stereocenters. The molecule has 0 spiro atoms. The molecule has 108 valence electrons. The summed E-state index contributed by atoms with van der Waals surface area (Å²) in [6.07, 6.45) is 1.45. The predicted octanol–water partition coefficient (Wildman–Crippen LogP) is 0.443. The quantitative estimate of drug-likeness (QED) is 0.707. The number of aliphatic hydroxyl groups is 1. The second-order valence-electron chi connectivity index (χ2n) is 4.87. The third-order valence-electron chi connectivity index (χ3n) is 3.20. The molecule has 0 saturated heterocycles. The Labute approximate surface area is 116 Å². The van der Waals surface area contributed by atoms with Crippen LogP contribution in [0.15, 0.2) is 24.3 Å². The van der Waals surface area contributed by atoms with Crippen molar-refractivity contribution >= 4 is 11.8 Å². The van der Waals surface area contributed by atoms with Crippen LogP contribution in [0.25, 0.3) is 0 Å². The number of benzene rings is 1. The normalized spacial score (nSPS) is 15.5. The molecule has 1 fully saturated rings. The molecule has 0 radical (unpaired) electrons. The van der Waals surface area contributed by atoms with Crippen molar-refractivity contribution in [2.45, 2.75) is 18.9 Å². The van der Waals surface area contributed by atoms with E-state index in [1.807, 2.05) is 0 Å². The lowest BCUT2D eigenvalue weighted by molar-refractivity contribution is -0.120. The monoisotopic (exact) mass is 280 g/mol. The van der Waals surface area contributed by atoms with Gasteiger partial charge in [0.05, 0.1) is 18.2 Å². The van der Waals surface area contributed by atoms with E-state index in [0.717, 1.165) is 12.8 Å². The van der Waals surface area contributed by atoms with E-state index < -0.39 is 23.7 Å².